The lowest BCUT2D eigenvalue weighted by atomic mass is 10.1. The van der Waals surface area contributed by atoms with Gasteiger partial charge in [0.2, 0.25) is 0 Å². The summed E-state index contributed by atoms with van der Waals surface area (Å²) in [6.07, 6.45) is 0. The van der Waals surface area contributed by atoms with E-state index in [1.165, 1.54) is 23.9 Å². The molecule has 3 aromatic rings. The highest BCUT2D eigenvalue weighted by atomic mass is 32.2. The van der Waals surface area contributed by atoms with Crippen LogP contribution in [0.2, 0.25) is 0 Å². The molecule has 0 saturated carbocycles. The van der Waals surface area contributed by atoms with Crippen molar-refractivity contribution < 1.29 is 14.0 Å². The van der Waals surface area contributed by atoms with E-state index in [2.05, 4.69) is 5.32 Å². The van der Waals surface area contributed by atoms with Crippen LogP contribution < -0.4 is 10.2 Å². The fraction of sp³-hybridized carbons (Fsp3) is 0.120. The fourth-order valence-corrected chi connectivity index (χ4v) is 4.34. The second kappa shape index (κ2) is 8.40. The van der Waals surface area contributed by atoms with E-state index in [0.717, 1.165) is 26.5 Å². The van der Waals surface area contributed by atoms with E-state index in [-0.39, 0.29) is 16.3 Å². The molecule has 0 radical (unpaired) electrons. The molecule has 4 nitrogen and oxygen atoms in total. The first kappa shape index (κ1) is 20.9. The Morgan fingerprint density at radius 1 is 0.839 bits per heavy atom. The SMILES string of the molecule is Cc1ccc(SC2=C(Nc3ccccc3F)C(=O)N(c3ccc(C)cc3C)C2=O)cc1. The van der Waals surface area contributed by atoms with Crippen LogP contribution in [0.25, 0.3) is 0 Å². The van der Waals surface area contributed by atoms with E-state index in [9.17, 15) is 14.0 Å². The van der Waals surface area contributed by atoms with Crippen molar-refractivity contribution in [2.75, 3.05) is 10.2 Å². The predicted molar refractivity (Wildman–Crippen MR) is 122 cm³/mol. The van der Waals surface area contributed by atoms with Crippen LogP contribution in [0, 0.1) is 26.6 Å². The summed E-state index contributed by atoms with van der Waals surface area (Å²) in [7, 11) is 0. The zero-order valence-electron chi connectivity index (χ0n) is 17.4. The summed E-state index contributed by atoms with van der Waals surface area (Å²) in [6, 6.07) is 19.3. The minimum atomic E-state index is -0.505. The molecule has 31 heavy (non-hydrogen) atoms. The van der Waals surface area contributed by atoms with E-state index < -0.39 is 17.6 Å². The Morgan fingerprint density at radius 2 is 1.52 bits per heavy atom. The van der Waals surface area contributed by atoms with Gasteiger partial charge in [-0.05, 0) is 56.7 Å². The Hall–Kier alpha value is -3.38. The van der Waals surface area contributed by atoms with Crippen LogP contribution in [0.1, 0.15) is 16.7 Å². The van der Waals surface area contributed by atoms with Gasteiger partial charge in [0, 0.05) is 4.90 Å². The second-order valence-electron chi connectivity index (χ2n) is 7.46. The number of nitrogens with zero attached hydrogens (tertiary/aromatic N) is 1. The predicted octanol–water partition coefficient (Wildman–Crippen LogP) is 5.74. The van der Waals surface area contributed by atoms with Crippen LogP contribution in [0.3, 0.4) is 0 Å². The number of anilines is 2. The summed E-state index contributed by atoms with van der Waals surface area (Å²) in [6.45, 7) is 5.79. The van der Waals surface area contributed by atoms with E-state index in [0.29, 0.717) is 5.69 Å². The number of rotatable bonds is 5. The van der Waals surface area contributed by atoms with Crippen molar-refractivity contribution in [1.82, 2.24) is 0 Å². The van der Waals surface area contributed by atoms with E-state index in [1.807, 2.05) is 57.2 Å². The highest BCUT2D eigenvalue weighted by Crippen LogP contribution is 2.39. The number of imide groups is 1. The number of amides is 2. The van der Waals surface area contributed by atoms with E-state index in [1.54, 1.807) is 18.2 Å². The highest BCUT2D eigenvalue weighted by molar-refractivity contribution is 8.04. The fourth-order valence-electron chi connectivity index (χ4n) is 3.41. The summed E-state index contributed by atoms with van der Waals surface area (Å²) in [5.74, 6) is -1.43. The van der Waals surface area contributed by atoms with Crippen LogP contribution in [0.5, 0.6) is 0 Å². The van der Waals surface area contributed by atoms with Gasteiger partial charge in [0.25, 0.3) is 11.8 Å². The first-order valence-corrected chi connectivity index (χ1v) is 10.6. The Labute approximate surface area is 184 Å². The molecular weight excluding hydrogens is 411 g/mol. The van der Waals surface area contributed by atoms with Crippen LogP contribution in [0.15, 0.2) is 82.2 Å². The molecule has 1 heterocycles. The Bertz CT molecular complexity index is 1220. The Morgan fingerprint density at radius 3 is 2.19 bits per heavy atom. The number of benzene rings is 3. The van der Waals surface area contributed by atoms with Gasteiger partial charge in [-0.3, -0.25) is 9.59 Å². The molecule has 6 heteroatoms. The molecular formula is C25H21FN2O2S. The molecule has 0 atom stereocenters. The molecule has 0 aromatic heterocycles. The quantitative estimate of drug-likeness (QED) is 0.523. The largest absolute Gasteiger partial charge is 0.348 e. The third kappa shape index (κ3) is 4.11. The van der Waals surface area contributed by atoms with Crippen molar-refractivity contribution in [1.29, 1.82) is 0 Å². The average molecular weight is 433 g/mol. The monoisotopic (exact) mass is 432 g/mol. The number of halogens is 1. The molecule has 0 bridgehead atoms. The lowest BCUT2D eigenvalue weighted by molar-refractivity contribution is -0.120. The van der Waals surface area contributed by atoms with Gasteiger partial charge in [-0.25, -0.2) is 9.29 Å². The molecule has 1 aliphatic heterocycles. The van der Waals surface area contributed by atoms with Crippen LogP contribution >= 0.6 is 11.8 Å². The molecule has 156 valence electrons. The third-order valence-corrected chi connectivity index (χ3v) is 6.10. The number of aryl methyl sites for hydroxylation is 3. The zero-order valence-corrected chi connectivity index (χ0v) is 18.2. The van der Waals surface area contributed by atoms with Crippen molar-refractivity contribution in [2.45, 2.75) is 25.7 Å². The minimum Gasteiger partial charge on any atom is -0.348 e. The van der Waals surface area contributed by atoms with Crippen molar-refractivity contribution in [3.05, 3.63) is 99.8 Å². The van der Waals surface area contributed by atoms with Gasteiger partial charge in [-0.2, -0.15) is 0 Å². The highest BCUT2D eigenvalue weighted by Gasteiger charge is 2.41. The smallest absolute Gasteiger partial charge is 0.283 e. The number of carbonyl (C=O) groups excluding carboxylic acids is 2. The summed E-state index contributed by atoms with van der Waals surface area (Å²) < 4.78 is 14.3. The number of hydrogen-bond acceptors (Lipinski definition) is 4. The van der Waals surface area contributed by atoms with Gasteiger partial charge < -0.3 is 5.32 Å². The van der Waals surface area contributed by atoms with Gasteiger partial charge >= 0.3 is 0 Å². The average Bonchev–Trinajstić information content (AvgIpc) is 2.96. The van der Waals surface area contributed by atoms with Crippen LogP contribution in [-0.2, 0) is 9.59 Å². The van der Waals surface area contributed by atoms with Gasteiger partial charge in [-0.1, -0.05) is 59.3 Å². The van der Waals surface area contributed by atoms with Crippen LogP contribution in [0.4, 0.5) is 15.8 Å². The Kier molecular flexibility index (Phi) is 5.65. The van der Waals surface area contributed by atoms with Gasteiger partial charge in [-0.15, -0.1) is 0 Å². The number of para-hydroxylation sites is 1. The number of nitrogens with one attached hydrogen (secondary N) is 1. The first-order chi connectivity index (χ1) is 14.8. The molecule has 1 N–H and O–H groups in total. The normalized spacial score (nSPS) is 13.9. The summed E-state index contributed by atoms with van der Waals surface area (Å²) in [5, 5.41) is 2.87. The maximum Gasteiger partial charge on any atom is 0.283 e. The summed E-state index contributed by atoms with van der Waals surface area (Å²) in [4.78, 5) is 29.0. The molecule has 3 aromatic carbocycles. The van der Waals surface area contributed by atoms with Crippen LogP contribution in [-0.4, -0.2) is 11.8 Å². The molecule has 0 unspecified atom stereocenters. The maximum absolute atomic E-state index is 14.3. The van der Waals surface area contributed by atoms with Crippen molar-refractivity contribution in [3.63, 3.8) is 0 Å². The zero-order chi connectivity index (χ0) is 22.1. The molecule has 0 fully saturated rings. The Balaban J connectivity index is 1.78. The van der Waals surface area contributed by atoms with E-state index >= 15 is 0 Å². The molecule has 0 spiro atoms. The molecule has 0 saturated heterocycles. The first-order valence-electron chi connectivity index (χ1n) is 9.81. The van der Waals surface area contributed by atoms with Crippen molar-refractivity contribution in [3.8, 4) is 0 Å². The standard InChI is InChI=1S/C25H21FN2O2S/c1-15-8-11-18(12-9-15)31-23-22(27-20-7-5-4-6-19(20)26)24(29)28(25(23)30)21-13-10-16(2)14-17(21)3/h4-14,27H,1-3H3. The van der Waals surface area contributed by atoms with Gasteiger partial charge in [0.15, 0.2) is 0 Å². The lowest BCUT2D eigenvalue weighted by Crippen LogP contribution is -2.33. The molecule has 1 aliphatic rings. The lowest BCUT2D eigenvalue weighted by Gasteiger charge is -2.18. The van der Waals surface area contributed by atoms with Crippen molar-refractivity contribution >= 4 is 35.0 Å². The maximum atomic E-state index is 14.3. The molecule has 0 aliphatic carbocycles. The summed E-state index contributed by atoms with van der Waals surface area (Å²) in [5.41, 5.74) is 3.67. The second-order valence-corrected chi connectivity index (χ2v) is 8.54. The number of thioether (sulfide) groups is 1. The number of hydrogen-bond donors (Lipinski definition) is 1. The topological polar surface area (TPSA) is 49.4 Å². The number of carbonyl (C=O) groups is 2. The third-order valence-electron chi connectivity index (χ3n) is 5.01. The molecule has 2 amide bonds. The van der Waals surface area contributed by atoms with Gasteiger partial charge in [0.1, 0.15) is 16.4 Å². The molecule has 4 rings (SSSR count). The minimum absolute atomic E-state index is 0.0700. The summed E-state index contributed by atoms with van der Waals surface area (Å²) >= 11 is 1.20. The van der Waals surface area contributed by atoms with Crippen molar-refractivity contribution in [2.24, 2.45) is 0 Å². The van der Waals surface area contributed by atoms with Gasteiger partial charge in [0.05, 0.1) is 11.4 Å². The van der Waals surface area contributed by atoms with E-state index in [4.69, 9.17) is 0 Å².